The summed E-state index contributed by atoms with van der Waals surface area (Å²) < 4.78 is 0.702. The largest absolute Gasteiger partial charge is 0.399 e. The monoisotopic (exact) mass is 291 g/mol. The van der Waals surface area contributed by atoms with Crippen molar-refractivity contribution < 1.29 is 4.79 Å². The van der Waals surface area contributed by atoms with Gasteiger partial charge in [0.1, 0.15) is 0 Å². The van der Waals surface area contributed by atoms with E-state index in [-0.39, 0.29) is 5.91 Å². The molecule has 1 aromatic carbocycles. The van der Waals surface area contributed by atoms with E-state index >= 15 is 0 Å². The molecule has 0 fully saturated rings. The molecule has 0 aliphatic heterocycles. The molecule has 0 radical (unpaired) electrons. The second-order valence-corrected chi connectivity index (χ2v) is 4.29. The van der Waals surface area contributed by atoms with Gasteiger partial charge in [0.2, 0.25) is 0 Å². The number of benzene rings is 1. The maximum Gasteiger partial charge on any atom is 0.256 e. The molecule has 4 nitrogen and oxygen atoms in total. The average Bonchev–Trinajstić information content (AvgIpc) is 2.33. The van der Waals surface area contributed by atoms with Crippen molar-refractivity contribution in [3.8, 4) is 0 Å². The highest BCUT2D eigenvalue weighted by molar-refractivity contribution is 9.10. The van der Waals surface area contributed by atoms with Crippen LogP contribution >= 0.6 is 15.9 Å². The number of nitrogens with two attached hydrogens (primary N) is 1. The third-order valence-electron chi connectivity index (χ3n) is 2.15. The summed E-state index contributed by atoms with van der Waals surface area (Å²) in [5.74, 6) is -0.225. The number of pyridine rings is 1. The van der Waals surface area contributed by atoms with E-state index in [9.17, 15) is 4.79 Å². The molecule has 2 rings (SSSR count). The van der Waals surface area contributed by atoms with E-state index in [0.717, 1.165) is 0 Å². The van der Waals surface area contributed by atoms with Gasteiger partial charge < -0.3 is 11.1 Å². The second-order valence-electron chi connectivity index (χ2n) is 3.44. The molecule has 0 saturated heterocycles. The van der Waals surface area contributed by atoms with Gasteiger partial charge in [-0.25, -0.2) is 0 Å². The lowest BCUT2D eigenvalue weighted by Gasteiger charge is -2.07. The Kier molecular flexibility index (Phi) is 3.39. The predicted molar refractivity (Wildman–Crippen MR) is 70.7 cm³/mol. The lowest BCUT2D eigenvalue weighted by atomic mass is 10.2. The molecule has 0 aliphatic carbocycles. The predicted octanol–water partition coefficient (Wildman–Crippen LogP) is 2.68. The topological polar surface area (TPSA) is 68.0 Å². The number of amides is 1. The van der Waals surface area contributed by atoms with Crippen molar-refractivity contribution in [2.75, 3.05) is 11.1 Å². The molecule has 2 aromatic rings. The highest BCUT2D eigenvalue weighted by Gasteiger charge is 2.10. The van der Waals surface area contributed by atoms with Crippen LogP contribution in [0.25, 0.3) is 0 Å². The minimum Gasteiger partial charge on any atom is -0.399 e. The van der Waals surface area contributed by atoms with E-state index in [2.05, 4.69) is 26.2 Å². The van der Waals surface area contributed by atoms with Gasteiger partial charge in [-0.2, -0.15) is 0 Å². The number of hydrogen-bond acceptors (Lipinski definition) is 3. The first-order valence-corrected chi connectivity index (χ1v) is 5.72. The molecule has 0 atom stereocenters. The summed E-state index contributed by atoms with van der Waals surface area (Å²) in [6, 6.07) is 8.61. The molecular weight excluding hydrogens is 282 g/mol. The zero-order chi connectivity index (χ0) is 12.3. The molecule has 17 heavy (non-hydrogen) atoms. The summed E-state index contributed by atoms with van der Waals surface area (Å²) in [5.41, 5.74) is 7.33. The molecule has 0 unspecified atom stereocenters. The maximum atomic E-state index is 12.0. The highest BCUT2D eigenvalue weighted by atomic mass is 79.9. The Morgan fingerprint density at radius 2 is 2.18 bits per heavy atom. The van der Waals surface area contributed by atoms with Gasteiger partial charge in [-0.3, -0.25) is 9.78 Å². The lowest BCUT2D eigenvalue weighted by Crippen LogP contribution is -2.13. The average molecular weight is 292 g/mol. The Hall–Kier alpha value is -1.88. The fourth-order valence-electron chi connectivity index (χ4n) is 1.35. The minimum absolute atomic E-state index is 0.225. The summed E-state index contributed by atoms with van der Waals surface area (Å²) in [6.45, 7) is 0. The van der Waals surface area contributed by atoms with Crippen LogP contribution in [0.4, 0.5) is 11.4 Å². The first-order valence-electron chi connectivity index (χ1n) is 4.93. The van der Waals surface area contributed by atoms with Crippen LogP contribution in [0.3, 0.4) is 0 Å². The molecule has 0 aliphatic rings. The molecule has 1 aromatic heterocycles. The Labute approximate surface area is 107 Å². The van der Waals surface area contributed by atoms with Gasteiger partial charge in [0.15, 0.2) is 0 Å². The van der Waals surface area contributed by atoms with Crippen molar-refractivity contribution in [2.45, 2.75) is 0 Å². The number of nitrogens with one attached hydrogen (secondary N) is 1. The number of anilines is 2. The molecule has 0 bridgehead atoms. The second kappa shape index (κ2) is 4.97. The van der Waals surface area contributed by atoms with Crippen LogP contribution in [0.1, 0.15) is 10.4 Å². The number of nitrogens with zero attached hydrogens (tertiary/aromatic N) is 1. The summed E-state index contributed by atoms with van der Waals surface area (Å²) in [7, 11) is 0. The molecule has 86 valence electrons. The van der Waals surface area contributed by atoms with Gasteiger partial charge in [-0.15, -0.1) is 0 Å². The first-order chi connectivity index (χ1) is 8.16. The van der Waals surface area contributed by atoms with Gasteiger partial charge in [-0.05, 0) is 46.3 Å². The normalized spacial score (nSPS) is 9.94. The fraction of sp³-hybridized carbons (Fsp3) is 0. The van der Waals surface area contributed by atoms with Crippen LogP contribution in [0.5, 0.6) is 0 Å². The number of nitrogen functional groups attached to an aromatic ring is 1. The highest BCUT2D eigenvalue weighted by Crippen LogP contribution is 2.20. The molecular formula is C12H10BrN3O. The third kappa shape index (κ3) is 2.82. The van der Waals surface area contributed by atoms with Crippen LogP contribution in [-0.4, -0.2) is 10.9 Å². The summed E-state index contributed by atoms with van der Waals surface area (Å²) >= 11 is 3.31. The number of rotatable bonds is 2. The van der Waals surface area contributed by atoms with Crippen molar-refractivity contribution in [1.29, 1.82) is 0 Å². The van der Waals surface area contributed by atoms with E-state index in [1.165, 1.54) is 0 Å². The van der Waals surface area contributed by atoms with Crippen LogP contribution in [0.2, 0.25) is 0 Å². The summed E-state index contributed by atoms with van der Waals surface area (Å²) in [4.78, 5) is 15.9. The fourth-order valence-corrected chi connectivity index (χ4v) is 1.78. The number of halogens is 1. The van der Waals surface area contributed by atoms with E-state index in [1.807, 2.05) is 0 Å². The number of aromatic nitrogens is 1. The van der Waals surface area contributed by atoms with E-state index < -0.39 is 0 Å². The first kappa shape index (κ1) is 11.6. The summed E-state index contributed by atoms with van der Waals surface area (Å²) in [5, 5.41) is 2.74. The van der Waals surface area contributed by atoms with E-state index in [4.69, 9.17) is 5.73 Å². The Balaban J connectivity index is 2.23. The van der Waals surface area contributed by atoms with Crippen molar-refractivity contribution in [3.05, 3.63) is 52.8 Å². The Bertz CT molecular complexity index is 543. The Morgan fingerprint density at radius 3 is 2.88 bits per heavy atom. The van der Waals surface area contributed by atoms with Gasteiger partial charge in [0.05, 0.1) is 17.4 Å². The number of hydrogen-bond donors (Lipinski definition) is 2. The standard InChI is InChI=1S/C12H10BrN3O/c13-11-4-3-8(14)6-10(11)12(17)16-9-2-1-5-15-7-9/h1-7H,14H2,(H,16,17). The Morgan fingerprint density at radius 1 is 1.35 bits per heavy atom. The molecule has 5 heteroatoms. The van der Waals surface area contributed by atoms with Gasteiger partial charge in [-0.1, -0.05) is 0 Å². The van der Waals surface area contributed by atoms with Crippen LogP contribution in [0.15, 0.2) is 47.2 Å². The van der Waals surface area contributed by atoms with Crippen molar-refractivity contribution in [3.63, 3.8) is 0 Å². The third-order valence-corrected chi connectivity index (χ3v) is 2.85. The van der Waals surface area contributed by atoms with E-state index in [1.54, 1.807) is 42.7 Å². The smallest absolute Gasteiger partial charge is 0.256 e. The van der Waals surface area contributed by atoms with Gasteiger partial charge in [0, 0.05) is 16.4 Å². The molecule has 1 heterocycles. The summed E-state index contributed by atoms with van der Waals surface area (Å²) in [6.07, 6.45) is 3.23. The molecule has 3 N–H and O–H groups in total. The van der Waals surface area contributed by atoms with Crippen molar-refractivity contribution >= 4 is 33.2 Å². The van der Waals surface area contributed by atoms with Crippen molar-refractivity contribution in [2.24, 2.45) is 0 Å². The molecule has 0 saturated carbocycles. The van der Waals surface area contributed by atoms with Gasteiger partial charge >= 0.3 is 0 Å². The molecule has 0 spiro atoms. The number of carbonyl (C=O) groups is 1. The SMILES string of the molecule is Nc1ccc(Br)c(C(=O)Nc2cccnc2)c1. The van der Waals surface area contributed by atoms with E-state index in [0.29, 0.717) is 21.4 Å². The van der Waals surface area contributed by atoms with Crippen molar-refractivity contribution in [1.82, 2.24) is 4.98 Å². The van der Waals surface area contributed by atoms with Gasteiger partial charge in [0.25, 0.3) is 5.91 Å². The van der Waals surface area contributed by atoms with Crippen LogP contribution < -0.4 is 11.1 Å². The molecule has 1 amide bonds. The maximum absolute atomic E-state index is 12.0. The van der Waals surface area contributed by atoms with Crippen LogP contribution in [-0.2, 0) is 0 Å². The zero-order valence-corrected chi connectivity index (χ0v) is 10.4. The quantitative estimate of drug-likeness (QED) is 0.836. The minimum atomic E-state index is -0.225. The van der Waals surface area contributed by atoms with Crippen LogP contribution in [0, 0.1) is 0 Å². The number of carbonyl (C=O) groups excluding carboxylic acids is 1. The lowest BCUT2D eigenvalue weighted by molar-refractivity contribution is 0.102. The zero-order valence-electron chi connectivity index (χ0n) is 8.85.